The Hall–Kier alpha value is -3.11. The summed E-state index contributed by atoms with van der Waals surface area (Å²) in [5.41, 5.74) is 6.99. The lowest BCUT2D eigenvalue weighted by Crippen LogP contribution is -2.50. The van der Waals surface area contributed by atoms with E-state index in [2.05, 4.69) is 15.0 Å². The van der Waals surface area contributed by atoms with Crippen LogP contribution in [-0.4, -0.2) is 64.0 Å². The fraction of sp³-hybridized carbons (Fsp3) is 0.500. The summed E-state index contributed by atoms with van der Waals surface area (Å²) in [6, 6.07) is 0. The number of anilines is 1. The minimum absolute atomic E-state index is 0.0265. The summed E-state index contributed by atoms with van der Waals surface area (Å²) in [6.45, 7) is 1.87. The van der Waals surface area contributed by atoms with Crippen molar-refractivity contribution in [2.24, 2.45) is 17.6 Å². The lowest BCUT2D eigenvalue weighted by Gasteiger charge is -2.36. The molecule has 2 aliphatic rings. The summed E-state index contributed by atoms with van der Waals surface area (Å²) >= 11 is 0. The molecule has 0 bridgehead atoms. The van der Waals surface area contributed by atoms with E-state index < -0.39 is 23.9 Å². The first-order valence-electron chi connectivity index (χ1n) is 10.1. The highest BCUT2D eigenvalue weighted by atomic mass is 19.4. The van der Waals surface area contributed by atoms with Crippen LogP contribution < -0.4 is 10.6 Å². The fourth-order valence-electron chi connectivity index (χ4n) is 4.27. The van der Waals surface area contributed by atoms with Crippen molar-refractivity contribution in [3.8, 4) is 0 Å². The number of nitrogens with one attached hydrogen (secondary N) is 1. The molecule has 0 spiro atoms. The molecule has 8 nitrogen and oxygen atoms in total. The van der Waals surface area contributed by atoms with Gasteiger partial charge in [0.2, 0.25) is 11.8 Å². The number of alkyl halides is 3. The van der Waals surface area contributed by atoms with E-state index in [-0.39, 0.29) is 18.7 Å². The first-order chi connectivity index (χ1) is 14.7. The number of aromatic amines is 1. The zero-order valence-electron chi connectivity index (χ0n) is 16.7. The van der Waals surface area contributed by atoms with Crippen LogP contribution in [0.1, 0.15) is 24.8 Å². The van der Waals surface area contributed by atoms with Gasteiger partial charge in [-0.25, -0.2) is 9.97 Å². The van der Waals surface area contributed by atoms with Crippen LogP contribution in [0, 0.1) is 11.8 Å². The second kappa shape index (κ2) is 8.20. The van der Waals surface area contributed by atoms with Crippen molar-refractivity contribution in [3.05, 3.63) is 24.0 Å². The highest BCUT2D eigenvalue weighted by molar-refractivity contribution is 5.93. The van der Waals surface area contributed by atoms with Gasteiger partial charge in [0, 0.05) is 49.9 Å². The van der Waals surface area contributed by atoms with E-state index in [4.69, 9.17) is 5.73 Å². The third-order valence-electron chi connectivity index (χ3n) is 5.98. The number of nitrogens with zero attached hydrogens (tertiary/aromatic N) is 4. The quantitative estimate of drug-likeness (QED) is 0.714. The third-order valence-corrected chi connectivity index (χ3v) is 5.98. The van der Waals surface area contributed by atoms with E-state index in [1.165, 1.54) is 6.08 Å². The Morgan fingerprint density at radius 2 is 1.94 bits per heavy atom. The number of carbonyl (C=O) groups excluding carboxylic acids is 2. The van der Waals surface area contributed by atoms with Crippen molar-refractivity contribution in [3.63, 3.8) is 0 Å². The standard InChI is InChI=1S/C20H23F3N6O2/c21-20(22,23)14-3-1-12(9-14)19(31)29-7-5-28(6-8-29)16-11-26-18-17(27-16)13(10-25-18)2-4-15(24)30/h2,4,10-12,14H,1,3,5-9H2,(H2,24,30)(H,25,26)/b4-2+. The monoisotopic (exact) mass is 436 g/mol. The second-order valence-corrected chi connectivity index (χ2v) is 7.97. The molecule has 2 aromatic heterocycles. The van der Waals surface area contributed by atoms with Crippen LogP contribution in [-0.2, 0) is 9.59 Å². The average molecular weight is 436 g/mol. The van der Waals surface area contributed by atoms with Crippen LogP contribution >= 0.6 is 0 Å². The number of hydrogen-bond donors (Lipinski definition) is 2. The number of H-pyrrole nitrogens is 1. The van der Waals surface area contributed by atoms with Crippen LogP contribution in [0.4, 0.5) is 19.0 Å². The van der Waals surface area contributed by atoms with Crippen LogP contribution in [0.25, 0.3) is 17.2 Å². The SMILES string of the molecule is NC(=O)/C=C/c1c[nH]c2ncc(N3CCN(C(=O)C4CCC(C(F)(F)F)C4)CC3)nc12. The van der Waals surface area contributed by atoms with Gasteiger partial charge in [-0.3, -0.25) is 9.59 Å². The number of aromatic nitrogens is 3. The summed E-state index contributed by atoms with van der Waals surface area (Å²) in [6.07, 6.45) is 2.09. The Balaban J connectivity index is 1.40. The van der Waals surface area contributed by atoms with Gasteiger partial charge in [0.15, 0.2) is 5.65 Å². The Kier molecular flexibility index (Phi) is 5.59. The summed E-state index contributed by atoms with van der Waals surface area (Å²) in [4.78, 5) is 39.3. The zero-order chi connectivity index (χ0) is 22.2. The Morgan fingerprint density at radius 1 is 1.19 bits per heavy atom. The maximum atomic E-state index is 12.9. The molecule has 3 N–H and O–H groups in total. The number of nitrogens with two attached hydrogens (primary N) is 1. The summed E-state index contributed by atoms with van der Waals surface area (Å²) in [5.74, 6) is -2.04. The maximum absolute atomic E-state index is 12.9. The van der Waals surface area contributed by atoms with Gasteiger partial charge in [-0.15, -0.1) is 0 Å². The molecule has 0 aromatic carbocycles. The number of rotatable bonds is 4. The van der Waals surface area contributed by atoms with Gasteiger partial charge >= 0.3 is 6.18 Å². The number of hydrogen-bond acceptors (Lipinski definition) is 5. The number of carbonyl (C=O) groups is 2. The molecule has 1 saturated heterocycles. The molecule has 11 heteroatoms. The van der Waals surface area contributed by atoms with Gasteiger partial charge in [0.05, 0.1) is 12.1 Å². The first kappa shape index (κ1) is 21.1. The van der Waals surface area contributed by atoms with Gasteiger partial charge in [0.25, 0.3) is 0 Å². The molecule has 0 radical (unpaired) electrons. The Bertz CT molecular complexity index is 1010. The third kappa shape index (κ3) is 4.49. The maximum Gasteiger partial charge on any atom is 0.391 e. The smallest absolute Gasteiger partial charge is 0.366 e. The molecule has 2 aromatic rings. The van der Waals surface area contributed by atoms with Crippen molar-refractivity contribution < 1.29 is 22.8 Å². The number of amides is 2. The van der Waals surface area contributed by atoms with E-state index in [1.54, 1.807) is 23.4 Å². The van der Waals surface area contributed by atoms with E-state index in [0.717, 1.165) is 0 Å². The number of primary amides is 1. The molecule has 3 heterocycles. The van der Waals surface area contributed by atoms with Crippen molar-refractivity contribution >= 4 is 34.9 Å². The molecule has 2 atom stereocenters. The van der Waals surface area contributed by atoms with E-state index >= 15 is 0 Å². The van der Waals surface area contributed by atoms with Gasteiger partial charge in [-0.1, -0.05) is 0 Å². The fourth-order valence-corrected chi connectivity index (χ4v) is 4.27. The molecule has 2 unspecified atom stereocenters. The topological polar surface area (TPSA) is 108 Å². The molecule has 4 rings (SSSR count). The molecule has 1 aliphatic carbocycles. The predicted molar refractivity (Wildman–Crippen MR) is 108 cm³/mol. The number of halogens is 3. The predicted octanol–water partition coefficient (Wildman–Crippen LogP) is 2.08. The molecular formula is C20H23F3N6O2. The molecule has 166 valence electrons. The molecule has 1 aliphatic heterocycles. The Morgan fingerprint density at radius 3 is 2.58 bits per heavy atom. The zero-order valence-corrected chi connectivity index (χ0v) is 16.7. The van der Waals surface area contributed by atoms with E-state index in [9.17, 15) is 22.8 Å². The molecular weight excluding hydrogens is 413 g/mol. The van der Waals surface area contributed by atoms with Gasteiger partial charge in [0.1, 0.15) is 11.3 Å². The highest BCUT2D eigenvalue weighted by Crippen LogP contribution is 2.42. The largest absolute Gasteiger partial charge is 0.391 e. The lowest BCUT2D eigenvalue weighted by atomic mass is 10.0. The minimum atomic E-state index is -4.23. The number of piperazine rings is 1. The lowest BCUT2D eigenvalue weighted by molar-refractivity contribution is -0.173. The minimum Gasteiger partial charge on any atom is -0.366 e. The summed E-state index contributed by atoms with van der Waals surface area (Å²) < 4.78 is 38.7. The normalized spacial score (nSPS) is 22.5. The van der Waals surface area contributed by atoms with Crippen molar-refractivity contribution in [1.29, 1.82) is 0 Å². The average Bonchev–Trinajstić information content (AvgIpc) is 3.39. The van der Waals surface area contributed by atoms with Gasteiger partial charge < -0.3 is 20.5 Å². The molecule has 1 saturated carbocycles. The van der Waals surface area contributed by atoms with E-state index in [0.29, 0.717) is 55.1 Å². The van der Waals surface area contributed by atoms with Crippen LogP contribution in [0.3, 0.4) is 0 Å². The Labute approximate surface area is 176 Å². The van der Waals surface area contributed by atoms with E-state index in [1.807, 2.05) is 4.90 Å². The van der Waals surface area contributed by atoms with Gasteiger partial charge in [-0.05, 0) is 25.3 Å². The van der Waals surface area contributed by atoms with Crippen LogP contribution in [0.5, 0.6) is 0 Å². The van der Waals surface area contributed by atoms with Crippen LogP contribution in [0.15, 0.2) is 18.5 Å². The molecule has 2 fully saturated rings. The highest BCUT2D eigenvalue weighted by Gasteiger charge is 2.46. The summed E-state index contributed by atoms with van der Waals surface area (Å²) in [7, 11) is 0. The number of fused-ring (bicyclic) bond motifs is 1. The van der Waals surface area contributed by atoms with Crippen molar-refractivity contribution in [1.82, 2.24) is 19.9 Å². The van der Waals surface area contributed by atoms with Crippen LogP contribution in [0.2, 0.25) is 0 Å². The summed E-state index contributed by atoms with van der Waals surface area (Å²) in [5, 5.41) is 0. The van der Waals surface area contributed by atoms with Gasteiger partial charge in [-0.2, -0.15) is 13.2 Å². The molecule has 2 amide bonds. The van der Waals surface area contributed by atoms with Crippen molar-refractivity contribution in [2.45, 2.75) is 25.4 Å². The first-order valence-corrected chi connectivity index (χ1v) is 10.1. The second-order valence-electron chi connectivity index (χ2n) is 7.97. The molecule has 31 heavy (non-hydrogen) atoms. The van der Waals surface area contributed by atoms with Crippen molar-refractivity contribution in [2.75, 3.05) is 31.1 Å².